The van der Waals surface area contributed by atoms with Crippen molar-refractivity contribution >= 4 is 51.9 Å². The Morgan fingerprint density at radius 1 is 1.08 bits per heavy atom. The molecule has 1 N–H and O–H groups in total. The lowest BCUT2D eigenvalue weighted by Gasteiger charge is -2.12. The second-order valence-corrected chi connectivity index (χ2v) is 11.5. The first-order valence-corrected chi connectivity index (χ1v) is 13.7. The molecule has 0 atom stereocenters. The summed E-state index contributed by atoms with van der Waals surface area (Å²) in [5.74, 6) is -0.440. The molecule has 5 rings (SSSR count). The van der Waals surface area contributed by atoms with Gasteiger partial charge in [0.25, 0.3) is 5.91 Å². The lowest BCUT2D eigenvalue weighted by atomic mass is 9.95. The molecule has 0 saturated carbocycles. The number of ether oxygens (including phenoxy) is 1. The van der Waals surface area contributed by atoms with Crippen LogP contribution in [0.25, 0.3) is 11.1 Å². The fourth-order valence-electron chi connectivity index (χ4n) is 5.02. The summed E-state index contributed by atoms with van der Waals surface area (Å²) in [5.41, 5.74) is 7.86. The molecule has 1 fully saturated rings. The van der Waals surface area contributed by atoms with Gasteiger partial charge in [-0.3, -0.25) is 4.79 Å². The minimum atomic E-state index is -0.283. The highest BCUT2D eigenvalue weighted by atomic mass is 32.2. The molecule has 3 heterocycles. The number of methoxy groups -OCH3 is 1. The third-order valence-corrected chi connectivity index (χ3v) is 8.78. The van der Waals surface area contributed by atoms with Gasteiger partial charge < -0.3 is 14.6 Å². The van der Waals surface area contributed by atoms with Crippen LogP contribution in [0.1, 0.15) is 61.7 Å². The Bertz CT molecular complexity index is 1440. The number of hydrogen-bond donors (Lipinski definition) is 1. The molecule has 186 valence electrons. The zero-order valence-corrected chi connectivity index (χ0v) is 22.8. The van der Waals surface area contributed by atoms with Crippen LogP contribution >= 0.6 is 23.1 Å². The normalized spacial score (nSPS) is 17.5. The number of thioether (sulfide) groups is 1. The van der Waals surface area contributed by atoms with Crippen LogP contribution < -0.4 is 5.32 Å². The molecule has 0 radical (unpaired) electrons. The number of esters is 1. The van der Waals surface area contributed by atoms with Crippen LogP contribution in [0.2, 0.25) is 0 Å². The van der Waals surface area contributed by atoms with E-state index < -0.39 is 0 Å². The summed E-state index contributed by atoms with van der Waals surface area (Å²) in [6.45, 7) is 8.13. The van der Waals surface area contributed by atoms with E-state index in [9.17, 15) is 9.59 Å². The molecule has 6 nitrogen and oxygen atoms in total. The summed E-state index contributed by atoms with van der Waals surface area (Å²) in [4.78, 5) is 32.1. The zero-order valence-electron chi connectivity index (χ0n) is 21.2. The van der Waals surface area contributed by atoms with E-state index in [1.807, 2.05) is 45.9 Å². The van der Waals surface area contributed by atoms with Gasteiger partial charge in [0.2, 0.25) is 0 Å². The molecule has 1 aromatic carbocycles. The van der Waals surface area contributed by atoms with E-state index in [0.717, 1.165) is 70.0 Å². The zero-order chi connectivity index (χ0) is 25.6. The number of nitrogens with one attached hydrogen (secondary N) is 1. The topological polar surface area (TPSA) is 72.7 Å². The van der Waals surface area contributed by atoms with Crippen LogP contribution in [0.5, 0.6) is 0 Å². The highest BCUT2D eigenvalue weighted by molar-refractivity contribution is 8.18. The molecule has 0 bridgehead atoms. The summed E-state index contributed by atoms with van der Waals surface area (Å²) >= 11 is 3.03. The highest BCUT2D eigenvalue weighted by Gasteiger charge is 2.29. The Labute approximate surface area is 219 Å². The van der Waals surface area contributed by atoms with Gasteiger partial charge in [0.1, 0.15) is 5.00 Å². The molecule has 2 aromatic heterocycles. The number of benzene rings is 1. The number of fused-ring (bicyclic) bond motifs is 1. The number of aliphatic imine (C=N–C) groups is 1. The van der Waals surface area contributed by atoms with Crippen LogP contribution in [-0.4, -0.2) is 28.7 Å². The van der Waals surface area contributed by atoms with Gasteiger partial charge in [-0.05, 0) is 112 Å². The van der Waals surface area contributed by atoms with E-state index in [2.05, 4.69) is 27.0 Å². The maximum absolute atomic E-state index is 12.8. The molecule has 36 heavy (non-hydrogen) atoms. The summed E-state index contributed by atoms with van der Waals surface area (Å²) in [6, 6.07) is 8.17. The van der Waals surface area contributed by atoms with Crippen molar-refractivity contribution in [1.29, 1.82) is 0 Å². The Morgan fingerprint density at radius 3 is 2.53 bits per heavy atom. The van der Waals surface area contributed by atoms with E-state index >= 15 is 0 Å². The number of amidine groups is 1. The number of rotatable bonds is 4. The predicted octanol–water partition coefficient (Wildman–Crippen LogP) is 6.33. The summed E-state index contributed by atoms with van der Waals surface area (Å²) in [5, 5.41) is 4.37. The largest absolute Gasteiger partial charge is 0.465 e. The Balaban J connectivity index is 1.51. The molecular formula is C28H29N3O3S2. The molecule has 0 unspecified atom stereocenters. The molecule has 1 aliphatic heterocycles. The minimum Gasteiger partial charge on any atom is -0.465 e. The Hall–Kier alpha value is -3.10. The van der Waals surface area contributed by atoms with Gasteiger partial charge in [0.05, 0.1) is 23.3 Å². The molecule has 1 saturated heterocycles. The van der Waals surface area contributed by atoms with Gasteiger partial charge in [-0.2, -0.15) is 0 Å². The van der Waals surface area contributed by atoms with Gasteiger partial charge >= 0.3 is 5.97 Å². The van der Waals surface area contributed by atoms with Gasteiger partial charge in [0, 0.05) is 16.3 Å². The van der Waals surface area contributed by atoms with Crippen LogP contribution in [0.15, 0.2) is 34.2 Å². The van der Waals surface area contributed by atoms with Crippen LogP contribution in [0, 0.1) is 27.7 Å². The lowest BCUT2D eigenvalue weighted by Crippen LogP contribution is -2.19. The maximum Gasteiger partial charge on any atom is 0.341 e. The van der Waals surface area contributed by atoms with Crippen molar-refractivity contribution in [1.82, 2.24) is 9.88 Å². The van der Waals surface area contributed by atoms with Crippen LogP contribution in [0.4, 0.5) is 5.69 Å². The smallest absolute Gasteiger partial charge is 0.341 e. The first kappa shape index (κ1) is 24.6. The molecule has 0 spiro atoms. The first-order chi connectivity index (χ1) is 17.2. The Kier molecular flexibility index (Phi) is 6.66. The Morgan fingerprint density at radius 2 is 1.81 bits per heavy atom. The van der Waals surface area contributed by atoms with Gasteiger partial charge in [-0.1, -0.05) is 6.07 Å². The molecule has 1 amide bonds. The number of nitrogens with zero attached hydrogens (tertiary/aromatic N) is 2. The van der Waals surface area contributed by atoms with E-state index in [-0.39, 0.29) is 11.9 Å². The fraction of sp³-hybridized carbons (Fsp3) is 0.321. The summed E-state index contributed by atoms with van der Waals surface area (Å²) in [7, 11) is 1.44. The van der Waals surface area contributed by atoms with Crippen molar-refractivity contribution in [3.05, 3.63) is 73.3 Å². The molecule has 8 heteroatoms. The van der Waals surface area contributed by atoms with E-state index in [1.165, 1.54) is 23.7 Å². The number of hydrogen-bond acceptors (Lipinski definition) is 6. The van der Waals surface area contributed by atoms with Crippen molar-refractivity contribution in [3.8, 4) is 5.00 Å². The van der Waals surface area contributed by atoms with Crippen LogP contribution in [0.3, 0.4) is 0 Å². The summed E-state index contributed by atoms with van der Waals surface area (Å²) in [6.07, 6.45) is 6.05. The standard InChI is InChI=1S/C28H29N3O3S2/c1-15-10-16(2)12-20(11-15)29-28-30-25(32)23(36-28)14-19-13-17(3)31(18(19)4)26-24(27(33)34-5)21-8-6-7-9-22(21)35-26/h10-14H,6-9H2,1-5H3,(H,29,30,32)/b23-14-. The molecule has 2 aliphatic rings. The number of carbonyl (C=O) groups is 2. The van der Waals surface area contributed by atoms with E-state index in [4.69, 9.17) is 4.74 Å². The van der Waals surface area contributed by atoms with Crippen molar-refractivity contribution in [2.45, 2.75) is 53.4 Å². The van der Waals surface area contributed by atoms with Gasteiger partial charge in [-0.25, -0.2) is 9.79 Å². The van der Waals surface area contributed by atoms with Gasteiger partial charge in [-0.15, -0.1) is 11.3 Å². The minimum absolute atomic E-state index is 0.158. The summed E-state index contributed by atoms with van der Waals surface area (Å²) < 4.78 is 7.31. The second-order valence-electron chi connectivity index (χ2n) is 9.37. The lowest BCUT2D eigenvalue weighted by molar-refractivity contribution is -0.115. The van der Waals surface area contributed by atoms with Crippen LogP contribution in [-0.2, 0) is 22.4 Å². The van der Waals surface area contributed by atoms with Crippen molar-refractivity contribution in [3.63, 3.8) is 0 Å². The third-order valence-electron chi connectivity index (χ3n) is 6.59. The maximum atomic E-state index is 12.8. The predicted molar refractivity (Wildman–Crippen MR) is 148 cm³/mol. The molecule has 1 aliphatic carbocycles. The first-order valence-electron chi connectivity index (χ1n) is 12.0. The monoisotopic (exact) mass is 519 g/mol. The SMILES string of the molecule is COC(=O)c1c(-n2c(C)cc(/C=C3\SC(=Nc4cc(C)cc(C)c4)NC3=O)c2C)sc2c1CCCC2. The molecule has 3 aromatic rings. The third kappa shape index (κ3) is 4.55. The number of thiophene rings is 1. The quantitative estimate of drug-likeness (QED) is 0.323. The average Bonchev–Trinajstić information content (AvgIpc) is 3.45. The number of aromatic nitrogens is 1. The van der Waals surface area contributed by atoms with E-state index in [1.54, 1.807) is 11.3 Å². The fourth-order valence-corrected chi connectivity index (χ4v) is 7.34. The second kappa shape index (κ2) is 9.75. The van der Waals surface area contributed by atoms with E-state index in [0.29, 0.717) is 15.6 Å². The average molecular weight is 520 g/mol. The number of amides is 1. The van der Waals surface area contributed by atoms with Crippen molar-refractivity contribution < 1.29 is 14.3 Å². The van der Waals surface area contributed by atoms with Gasteiger partial charge in [0.15, 0.2) is 5.17 Å². The number of carbonyl (C=O) groups excluding carboxylic acids is 2. The number of aryl methyl sites for hydroxylation is 4. The molecular weight excluding hydrogens is 490 g/mol. The highest BCUT2D eigenvalue weighted by Crippen LogP contribution is 2.39. The van der Waals surface area contributed by atoms with Crippen molar-refractivity contribution in [2.75, 3.05) is 7.11 Å². The van der Waals surface area contributed by atoms with Crippen molar-refractivity contribution in [2.24, 2.45) is 4.99 Å².